The molecule has 2 N–H and O–H groups in total. The standard InChI is InChI=1S/C19H16ClN5O/c1-25-9-8-21-18(25)17(12-2-5-14(20)6-3-12)24-19(26)13-4-7-15-16(10-13)23-11-22-15/h2-11,17H,1H3,(H,22,23)(H,24,26). The molecule has 2 aromatic heterocycles. The van der Waals surface area contributed by atoms with Crippen LogP contribution in [-0.4, -0.2) is 25.4 Å². The molecule has 0 aliphatic rings. The molecular formula is C19H16ClN5O. The van der Waals surface area contributed by atoms with Gasteiger partial charge in [-0.3, -0.25) is 4.79 Å². The van der Waals surface area contributed by atoms with Gasteiger partial charge in [-0.15, -0.1) is 0 Å². The Hall–Kier alpha value is -3.12. The van der Waals surface area contributed by atoms with Crippen LogP contribution in [-0.2, 0) is 7.05 Å². The largest absolute Gasteiger partial charge is 0.345 e. The number of hydrogen-bond acceptors (Lipinski definition) is 3. The number of fused-ring (bicyclic) bond motifs is 1. The number of nitrogens with one attached hydrogen (secondary N) is 2. The van der Waals surface area contributed by atoms with Gasteiger partial charge in [0.15, 0.2) is 0 Å². The van der Waals surface area contributed by atoms with Gasteiger partial charge in [0.1, 0.15) is 11.9 Å². The van der Waals surface area contributed by atoms with Gasteiger partial charge in [-0.1, -0.05) is 23.7 Å². The average molecular weight is 366 g/mol. The number of carbonyl (C=O) groups is 1. The van der Waals surface area contributed by atoms with Crippen LogP contribution in [0.4, 0.5) is 0 Å². The van der Waals surface area contributed by atoms with E-state index in [1.54, 1.807) is 36.8 Å². The zero-order chi connectivity index (χ0) is 18.1. The zero-order valence-electron chi connectivity index (χ0n) is 14.0. The molecule has 2 aromatic carbocycles. The Morgan fingerprint density at radius 2 is 2.00 bits per heavy atom. The van der Waals surface area contributed by atoms with Crippen molar-refractivity contribution in [3.63, 3.8) is 0 Å². The Morgan fingerprint density at radius 1 is 1.19 bits per heavy atom. The molecule has 4 aromatic rings. The van der Waals surface area contributed by atoms with Crippen LogP contribution in [0.1, 0.15) is 27.8 Å². The summed E-state index contributed by atoms with van der Waals surface area (Å²) in [5, 5.41) is 3.71. The van der Waals surface area contributed by atoms with Gasteiger partial charge in [0, 0.05) is 30.0 Å². The number of halogens is 1. The quantitative estimate of drug-likeness (QED) is 0.581. The number of carbonyl (C=O) groups excluding carboxylic acids is 1. The van der Waals surface area contributed by atoms with Crippen LogP contribution in [0.25, 0.3) is 11.0 Å². The number of aromatic nitrogens is 4. The first-order valence-electron chi connectivity index (χ1n) is 8.08. The highest BCUT2D eigenvalue weighted by molar-refractivity contribution is 6.30. The van der Waals surface area contributed by atoms with E-state index in [1.807, 2.05) is 36.0 Å². The Morgan fingerprint density at radius 3 is 2.73 bits per heavy atom. The first-order valence-corrected chi connectivity index (χ1v) is 8.46. The van der Waals surface area contributed by atoms with E-state index in [9.17, 15) is 4.79 Å². The van der Waals surface area contributed by atoms with Gasteiger partial charge in [-0.05, 0) is 35.9 Å². The predicted octanol–water partition coefficient (Wildman–Crippen LogP) is 3.47. The lowest BCUT2D eigenvalue weighted by Gasteiger charge is -2.19. The van der Waals surface area contributed by atoms with Crippen molar-refractivity contribution in [1.29, 1.82) is 0 Å². The third-order valence-electron chi connectivity index (χ3n) is 4.28. The first-order chi connectivity index (χ1) is 12.6. The fraction of sp³-hybridized carbons (Fsp3) is 0.105. The summed E-state index contributed by atoms with van der Waals surface area (Å²) in [6, 6.07) is 12.4. The van der Waals surface area contributed by atoms with Crippen molar-refractivity contribution in [3.8, 4) is 0 Å². The zero-order valence-corrected chi connectivity index (χ0v) is 14.7. The molecule has 0 aliphatic heterocycles. The van der Waals surface area contributed by atoms with E-state index in [1.165, 1.54) is 0 Å². The fourth-order valence-electron chi connectivity index (χ4n) is 2.90. The summed E-state index contributed by atoms with van der Waals surface area (Å²) in [5.41, 5.74) is 3.09. The topological polar surface area (TPSA) is 75.6 Å². The smallest absolute Gasteiger partial charge is 0.252 e. The molecule has 130 valence electrons. The van der Waals surface area contributed by atoms with Crippen LogP contribution in [0.2, 0.25) is 5.02 Å². The highest BCUT2D eigenvalue weighted by Gasteiger charge is 2.21. The number of aryl methyl sites for hydroxylation is 1. The number of hydrogen-bond donors (Lipinski definition) is 2. The molecule has 7 heteroatoms. The SMILES string of the molecule is Cn1ccnc1C(NC(=O)c1ccc2nc[nH]c2c1)c1ccc(Cl)cc1. The highest BCUT2D eigenvalue weighted by atomic mass is 35.5. The van der Waals surface area contributed by atoms with Crippen molar-refractivity contribution in [2.45, 2.75) is 6.04 Å². The molecule has 26 heavy (non-hydrogen) atoms. The Balaban J connectivity index is 1.68. The predicted molar refractivity (Wildman–Crippen MR) is 100 cm³/mol. The highest BCUT2D eigenvalue weighted by Crippen LogP contribution is 2.23. The van der Waals surface area contributed by atoms with Crippen LogP contribution in [0.3, 0.4) is 0 Å². The maximum absolute atomic E-state index is 12.9. The van der Waals surface area contributed by atoms with E-state index in [0.717, 1.165) is 22.4 Å². The molecule has 4 rings (SSSR count). The Bertz CT molecular complexity index is 1070. The van der Waals surface area contributed by atoms with Crippen LogP contribution in [0, 0.1) is 0 Å². The van der Waals surface area contributed by atoms with Gasteiger partial charge in [0.2, 0.25) is 0 Å². The number of rotatable bonds is 4. The maximum atomic E-state index is 12.9. The minimum atomic E-state index is -0.391. The second kappa shape index (κ2) is 6.65. The van der Waals surface area contributed by atoms with Crippen molar-refractivity contribution in [1.82, 2.24) is 24.8 Å². The second-order valence-corrected chi connectivity index (χ2v) is 6.43. The lowest BCUT2D eigenvalue weighted by atomic mass is 10.1. The molecule has 1 unspecified atom stereocenters. The summed E-state index contributed by atoms with van der Waals surface area (Å²) in [7, 11) is 1.90. The Labute approximate surface area is 154 Å². The fourth-order valence-corrected chi connectivity index (χ4v) is 3.02. The molecule has 0 spiro atoms. The van der Waals surface area contributed by atoms with E-state index >= 15 is 0 Å². The van der Waals surface area contributed by atoms with E-state index in [2.05, 4.69) is 20.3 Å². The van der Waals surface area contributed by atoms with E-state index in [4.69, 9.17) is 11.6 Å². The molecule has 0 bridgehead atoms. The molecule has 2 heterocycles. The third kappa shape index (κ3) is 3.07. The molecule has 1 amide bonds. The lowest BCUT2D eigenvalue weighted by Crippen LogP contribution is -2.31. The van der Waals surface area contributed by atoms with Gasteiger partial charge in [0.25, 0.3) is 5.91 Å². The molecule has 6 nitrogen and oxygen atoms in total. The number of benzene rings is 2. The molecule has 0 fully saturated rings. The number of imidazole rings is 2. The van der Waals surface area contributed by atoms with E-state index < -0.39 is 6.04 Å². The number of H-pyrrole nitrogens is 1. The second-order valence-electron chi connectivity index (χ2n) is 5.99. The third-order valence-corrected chi connectivity index (χ3v) is 4.53. The van der Waals surface area contributed by atoms with Crippen molar-refractivity contribution >= 4 is 28.5 Å². The van der Waals surface area contributed by atoms with Gasteiger partial charge in [-0.25, -0.2) is 9.97 Å². The normalized spacial score (nSPS) is 12.2. The van der Waals surface area contributed by atoms with Crippen molar-refractivity contribution in [2.24, 2.45) is 7.05 Å². The van der Waals surface area contributed by atoms with Gasteiger partial charge < -0.3 is 14.9 Å². The molecular weight excluding hydrogens is 350 g/mol. The van der Waals surface area contributed by atoms with Crippen molar-refractivity contribution < 1.29 is 4.79 Å². The van der Waals surface area contributed by atoms with Crippen LogP contribution >= 0.6 is 11.6 Å². The van der Waals surface area contributed by atoms with E-state index in [-0.39, 0.29) is 5.91 Å². The molecule has 1 atom stereocenters. The van der Waals surface area contributed by atoms with Crippen molar-refractivity contribution in [3.05, 3.63) is 83.2 Å². The first kappa shape index (κ1) is 16.4. The van der Waals surface area contributed by atoms with Gasteiger partial charge >= 0.3 is 0 Å². The minimum Gasteiger partial charge on any atom is -0.345 e. The summed E-state index contributed by atoms with van der Waals surface area (Å²) in [4.78, 5) is 24.5. The van der Waals surface area contributed by atoms with Gasteiger partial charge in [0.05, 0.1) is 17.4 Å². The summed E-state index contributed by atoms with van der Waals surface area (Å²) >= 11 is 6.00. The number of nitrogens with zero attached hydrogens (tertiary/aromatic N) is 3. The number of aromatic amines is 1. The van der Waals surface area contributed by atoms with Crippen molar-refractivity contribution in [2.75, 3.05) is 0 Å². The van der Waals surface area contributed by atoms with Crippen LogP contribution in [0.15, 0.2) is 61.2 Å². The van der Waals surface area contributed by atoms with Gasteiger partial charge in [-0.2, -0.15) is 0 Å². The average Bonchev–Trinajstić information content (AvgIpc) is 3.28. The molecule has 0 saturated heterocycles. The summed E-state index contributed by atoms with van der Waals surface area (Å²) in [5.74, 6) is 0.549. The molecule has 0 radical (unpaired) electrons. The van der Waals surface area contributed by atoms with E-state index in [0.29, 0.717) is 10.6 Å². The minimum absolute atomic E-state index is 0.190. The Kier molecular flexibility index (Phi) is 4.18. The lowest BCUT2D eigenvalue weighted by molar-refractivity contribution is 0.0941. The summed E-state index contributed by atoms with van der Waals surface area (Å²) in [6.07, 6.45) is 5.17. The summed E-state index contributed by atoms with van der Waals surface area (Å²) in [6.45, 7) is 0. The molecule has 0 saturated carbocycles. The monoisotopic (exact) mass is 365 g/mol. The maximum Gasteiger partial charge on any atom is 0.252 e. The number of amides is 1. The molecule has 0 aliphatic carbocycles. The van der Waals surface area contributed by atoms with Crippen LogP contribution in [0.5, 0.6) is 0 Å². The summed E-state index contributed by atoms with van der Waals surface area (Å²) < 4.78 is 1.89. The van der Waals surface area contributed by atoms with Crippen LogP contribution < -0.4 is 5.32 Å².